The predicted molar refractivity (Wildman–Crippen MR) is 79.5 cm³/mol. The van der Waals surface area contributed by atoms with Gasteiger partial charge in [0, 0.05) is 11.3 Å². The second-order valence-corrected chi connectivity index (χ2v) is 5.47. The summed E-state index contributed by atoms with van der Waals surface area (Å²) in [6, 6.07) is 2.53. The molecule has 0 saturated heterocycles. The average molecular weight is 357 g/mol. The van der Waals surface area contributed by atoms with Gasteiger partial charge in [0.05, 0.1) is 22.3 Å². The van der Waals surface area contributed by atoms with Crippen LogP contribution in [0.4, 0.5) is 8.78 Å². The van der Waals surface area contributed by atoms with Crippen molar-refractivity contribution in [1.29, 1.82) is 0 Å². The zero-order valence-electron chi connectivity index (χ0n) is 11.8. The summed E-state index contributed by atoms with van der Waals surface area (Å²) in [7, 11) is 0. The molecule has 1 aromatic heterocycles. The van der Waals surface area contributed by atoms with Gasteiger partial charge in [0.1, 0.15) is 11.6 Å². The minimum atomic E-state index is -0.641. The van der Waals surface area contributed by atoms with E-state index < -0.39 is 11.6 Å². The third-order valence-electron chi connectivity index (χ3n) is 3.41. The number of carbonyl (C=O) groups is 1. The molecule has 0 aliphatic rings. The van der Waals surface area contributed by atoms with E-state index in [1.807, 2.05) is 13.8 Å². The van der Waals surface area contributed by atoms with Crippen LogP contribution in [0.3, 0.4) is 0 Å². The van der Waals surface area contributed by atoms with E-state index >= 15 is 0 Å². The van der Waals surface area contributed by atoms with E-state index in [-0.39, 0.29) is 16.6 Å². The fraction of sp³-hybridized carbons (Fsp3) is 0.333. The summed E-state index contributed by atoms with van der Waals surface area (Å²) >= 11 is 3.05. The molecule has 0 spiro atoms. The molecule has 0 atom stereocenters. The van der Waals surface area contributed by atoms with Gasteiger partial charge in [0.15, 0.2) is 6.29 Å². The number of aldehydes is 1. The van der Waals surface area contributed by atoms with E-state index in [0.717, 1.165) is 6.29 Å². The fourth-order valence-corrected chi connectivity index (χ4v) is 2.70. The van der Waals surface area contributed by atoms with Gasteiger partial charge < -0.3 is 0 Å². The number of halogens is 3. The molecular weight excluding hydrogens is 342 g/mol. The largest absolute Gasteiger partial charge is 0.298 e. The van der Waals surface area contributed by atoms with Crippen LogP contribution >= 0.6 is 15.9 Å². The van der Waals surface area contributed by atoms with E-state index in [0.29, 0.717) is 29.8 Å². The first-order chi connectivity index (χ1) is 10.0. The van der Waals surface area contributed by atoms with Gasteiger partial charge in [-0.1, -0.05) is 13.8 Å². The van der Waals surface area contributed by atoms with Crippen LogP contribution in [-0.2, 0) is 19.4 Å². The smallest absolute Gasteiger partial charge is 0.153 e. The highest BCUT2D eigenvalue weighted by Gasteiger charge is 2.18. The monoisotopic (exact) mass is 356 g/mol. The zero-order valence-corrected chi connectivity index (χ0v) is 13.4. The molecule has 0 aliphatic carbocycles. The number of rotatable bonds is 5. The Kier molecular flexibility index (Phi) is 4.88. The fourth-order valence-electron chi connectivity index (χ4n) is 2.33. The molecule has 0 saturated carbocycles. The van der Waals surface area contributed by atoms with Crippen LogP contribution in [0.1, 0.15) is 41.2 Å². The van der Waals surface area contributed by atoms with Gasteiger partial charge in [-0.15, -0.1) is 0 Å². The third kappa shape index (κ3) is 2.90. The lowest BCUT2D eigenvalue weighted by Gasteiger charge is -2.09. The number of aryl methyl sites for hydroxylation is 1. The summed E-state index contributed by atoms with van der Waals surface area (Å²) < 4.78 is 29.6. The number of hydrogen-bond donors (Lipinski definition) is 0. The summed E-state index contributed by atoms with van der Waals surface area (Å²) in [6.07, 6.45) is 1.92. The van der Waals surface area contributed by atoms with E-state index in [2.05, 4.69) is 21.0 Å². The van der Waals surface area contributed by atoms with Crippen LogP contribution in [-0.4, -0.2) is 16.1 Å². The summed E-state index contributed by atoms with van der Waals surface area (Å²) in [6.45, 7) is 3.73. The molecule has 0 unspecified atom stereocenters. The zero-order chi connectivity index (χ0) is 15.6. The van der Waals surface area contributed by atoms with Gasteiger partial charge >= 0.3 is 0 Å². The Hall–Kier alpha value is -1.56. The number of nitrogens with zero attached hydrogens (tertiary/aromatic N) is 2. The normalized spacial score (nSPS) is 10.9. The molecular formula is C15H15BrF2N2O. The van der Waals surface area contributed by atoms with Crippen LogP contribution < -0.4 is 0 Å². The van der Waals surface area contributed by atoms with Crippen LogP contribution in [0.25, 0.3) is 0 Å². The number of benzene rings is 1. The molecule has 0 fully saturated rings. The standard InChI is InChI=1S/C15H15BrF2N2O/c1-3-13-10(8-21)14(4-2)20(19-13)7-9-12(17)6-5-11(16)15(9)18/h5-6,8H,3-4,7H2,1-2H3. The van der Waals surface area contributed by atoms with Gasteiger partial charge in [-0.05, 0) is 40.9 Å². The lowest BCUT2D eigenvalue weighted by atomic mass is 10.1. The maximum atomic E-state index is 14.1. The second kappa shape index (κ2) is 6.47. The average Bonchev–Trinajstić information content (AvgIpc) is 2.84. The Morgan fingerprint density at radius 3 is 2.57 bits per heavy atom. The van der Waals surface area contributed by atoms with Crippen molar-refractivity contribution in [1.82, 2.24) is 9.78 Å². The summed E-state index contributed by atoms with van der Waals surface area (Å²) in [5.41, 5.74) is 1.80. The van der Waals surface area contributed by atoms with Crippen molar-refractivity contribution in [3.8, 4) is 0 Å². The number of aromatic nitrogens is 2. The van der Waals surface area contributed by atoms with E-state index in [1.54, 1.807) is 0 Å². The van der Waals surface area contributed by atoms with E-state index in [9.17, 15) is 13.6 Å². The molecule has 2 aromatic rings. The summed E-state index contributed by atoms with van der Waals surface area (Å²) in [4.78, 5) is 11.2. The minimum absolute atomic E-state index is 0.0406. The molecule has 112 valence electrons. The Bertz CT molecular complexity index is 683. The SMILES string of the molecule is CCc1nn(Cc2c(F)ccc(Br)c2F)c(CC)c1C=O. The Morgan fingerprint density at radius 2 is 2.00 bits per heavy atom. The van der Waals surface area contributed by atoms with Crippen LogP contribution in [0.5, 0.6) is 0 Å². The Morgan fingerprint density at radius 1 is 1.29 bits per heavy atom. The maximum Gasteiger partial charge on any atom is 0.153 e. The minimum Gasteiger partial charge on any atom is -0.298 e. The number of carbonyl (C=O) groups excluding carboxylic acids is 1. The van der Waals surface area contributed by atoms with E-state index in [4.69, 9.17) is 0 Å². The van der Waals surface area contributed by atoms with Crippen molar-refractivity contribution in [3.05, 3.63) is 50.8 Å². The molecule has 0 radical (unpaired) electrons. The summed E-state index contributed by atoms with van der Waals surface area (Å²) in [5.74, 6) is -1.27. The molecule has 1 aromatic carbocycles. The molecule has 0 N–H and O–H groups in total. The van der Waals surface area contributed by atoms with Crippen molar-refractivity contribution in [2.24, 2.45) is 0 Å². The van der Waals surface area contributed by atoms with Gasteiger partial charge in [0.2, 0.25) is 0 Å². The summed E-state index contributed by atoms with van der Waals surface area (Å²) in [5, 5.41) is 4.31. The molecule has 0 bridgehead atoms. The third-order valence-corrected chi connectivity index (χ3v) is 4.02. The van der Waals surface area contributed by atoms with Crippen LogP contribution in [0, 0.1) is 11.6 Å². The lowest BCUT2D eigenvalue weighted by molar-refractivity contribution is 0.112. The second-order valence-electron chi connectivity index (χ2n) is 4.61. The molecule has 3 nitrogen and oxygen atoms in total. The van der Waals surface area contributed by atoms with Crippen molar-refractivity contribution >= 4 is 22.2 Å². The first-order valence-electron chi connectivity index (χ1n) is 6.69. The van der Waals surface area contributed by atoms with Gasteiger partial charge in [0.25, 0.3) is 0 Å². The molecule has 6 heteroatoms. The van der Waals surface area contributed by atoms with Crippen molar-refractivity contribution < 1.29 is 13.6 Å². The first kappa shape index (κ1) is 15.8. The number of hydrogen-bond acceptors (Lipinski definition) is 2. The van der Waals surface area contributed by atoms with Crippen LogP contribution in [0.15, 0.2) is 16.6 Å². The predicted octanol–water partition coefficient (Wildman–Crippen LogP) is 3.91. The van der Waals surface area contributed by atoms with Crippen molar-refractivity contribution in [2.75, 3.05) is 0 Å². The molecule has 0 amide bonds. The molecule has 2 rings (SSSR count). The topological polar surface area (TPSA) is 34.9 Å². The van der Waals surface area contributed by atoms with E-state index in [1.165, 1.54) is 16.8 Å². The van der Waals surface area contributed by atoms with Gasteiger partial charge in [-0.25, -0.2) is 8.78 Å². The van der Waals surface area contributed by atoms with Crippen LogP contribution in [0.2, 0.25) is 0 Å². The van der Waals surface area contributed by atoms with Crippen molar-refractivity contribution in [2.45, 2.75) is 33.2 Å². The molecule has 0 aliphatic heterocycles. The maximum absolute atomic E-state index is 14.1. The lowest BCUT2D eigenvalue weighted by Crippen LogP contribution is -2.10. The Balaban J connectivity index is 2.52. The molecule has 21 heavy (non-hydrogen) atoms. The highest BCUT2D eigenvalue weighted by molar-refractivity contribution is 9.10. The highest BCUT2D eigenvalue weighted by Crippen LogP contribution is 2.24. The van der Waals surface area contributed by atoms with Gasteiger partial charge in [-0.3, -0.25) is 9.48 Å². The molecule has 1 heterocycles. The Labute approximate surface area is 130 Å². The van der Waals surface area contributed by atoms with Gasteiger partial charge in [-0.2, -0.15) is 5.10 Å². The van der Waals surface area contributed by atoms with Crippen molar-refractivity contribution in [3.63, 3.8) is 0 Å². The quantitative estimate of drug-likeness (QED) is 0.601. The first-order valence-corrected chi connectivity index (χ1v) is 7.48. The highest BCUT2D eigenvalue weighted by atomic mass is 79.9.